The van der Waals surface area contributed by atoms with E-state index in [1.54, 1.807) is 0 Å². The maximum atomic E-state index is 12.7. The first-order chi connectivity index (χ1) is 14.2. The summed E-state index contributed by atoms with van der Waals surface area (Å²) in [7, 11) is 1.34. The molecule has 0 spiro atoms. The van der Waals surface area contributed by atoms with Crippen molar-refractivity contribution < 1.29 is 19.1 Å². The van der Waals surface area contributed by atoms with Gasteiger partial charge >= 0.3 is 5.97 Å². The molecule has 2 heterocycles. The number of carbonyl (C=O) groups excluding carboxylic acids is 2. The van der Waals surface area contributed by atoms with Crippen LogP contribution in [-0.2, 0) is 11.3 Å². The van der Waals surface area contributed by atoms with Crippen LogP contribution in [-0.4, -0.2) is 19.0 Å². The van der Waals surface area contributed by atoms with Gasteiger partial charge < -0.3 is 14.8 Å². The maximum Gasteiger partial charge on any atom is 0.341 e. The van der Waals surface area contributed by atoms with Crippen LogP contribution in [0.3, 0.4) is 0 Å². The average molecular weight is 444 g/mol. The van der Waals surface area contributed by atoms with Gasteiger partial charge in [0.25, 0.3) is 5.91 Å². The van der Waals surface area contributed by atoms with Crippen molar-refractivity contribution in [2.45, 2.75) is 41.2 Å². The third-order valence-electron chi connectivity index (χ3n) is 4.87. The van der Waals surface area contributed by atoms with Gasteiger partial charge in [0.1, 0.15) is 17.4 Å². The lowest BCUT2D eigenvalue weighted by atomic mass is 10.1. The molecule has 1 aromatic carbocycles. The predicted octanol–water partition coefficient (Wildman–Crippen LogP) is 5.97. The number of hydrogen-bond acceptors (Lipinski definition) is 6. The topological polar surface area (TPSA) is 64.6 Å². The highest BCUT2D eigenvalue weighted by Gasteiger charge is 2.22. The first-order valence-corrected chi connectivity index (χ1v) is 11.2. The Bertz CT molecular complexity index is 1090. The second-order valence-electron chi connectivity index (χ2n) is 7.27. The van der Waals surface area contributed by atoms with E-state index in [1.807, 2.05) is 39.1 Å². The minimum absolute atomic E-state index is 0.250. The van der Waals surface area contributed by atoms with Crippen molar-refractivity contribution in [1.29, 1.82) is 0 Å². The lowest BCUT2D eigenvalue weighted by Crippen LogP contribution is -2.13. The average Bonchev–Trinajstić information content (AvgIpc) is 3.25. The van der Waals surface area contributed by atoms with E-state index < -0.39 is 5.97 Å². The molecule has 0 saturated heterocycles. The molecule has 0 unspecified atom stereocenters. The molecule has 1 amide bonds. The Morgan fingerprint density at radius 2 is 1.70 bits per heavy atom. The van der Waals surface area contributed by atoms with Crippen LogP contribution >= 0.6 is 22.7 Å². The Balaban J connectivity index is 1.72. The number of rotatable bonds is 6. The molecule has 0 saturated carbocycles. The van der Waals surface area contributed by atoms with Crippen LogP contribution in [0, 0.1) is 34.6 Å². The summed E-state index contributed by atoms with van der Waals surface area (Å²) < 4.78 is 10.9. The van der Waals surface area contributed by atoms with Crippen molar-refractivity contribution >= 4 is 39.6 Å². The first kappa shape index (κ1) is 22.1. The van der Waals surface area contributed by atoms with E-state index in [2.05, 4.69) is 24.4 Å². The normalized spacial score (nSPS) is 10.7. The van der Waals surface area contributed by atoms with Gasteiger partial charge in [0.15, 0.2) is 0 Å². The van der Waals surface area contributed by atoms with Crippen LogP contribution in [0.15, 0.2) is 23.6 Å². The molecule has 0 fully saturated rings. The summed E-state index contributed by atoms with van der Waals surface area (Å²) in [4.78, 5) is 26.4. The summed E-state index contributed by atoms with van der Waals surface area (Å²) in [6, 6.07) is 6.02. The molecule has 0 aliphatic carbocycles. The minimum Gasteiger partial charge on any atom is -0.488 e. The van der Waals surface area contributed by atoms with E-state index in [-0.39, 0.29) is 5.91 Å². The molecule has 30 heavy (non-hydrogen) atoms. The molecule has 3 aromatic rings. The molecule has 158 valence electrons. The molecule has 0 radical (unpaired) electrons. The summed E-state index contributed by atoms with van der Waals surface area (Å²) in [5.41, 5.74) is 5.57. The highest BCUT2D eigenvalue weighted by Crippen LogP contribution is 2.33. The van der Waals surface area contributed by atoms with Gasteiger partial charge in [-0.05, 0) is 62.8 Å². The second kappa shape index (κ2) is 9.02. The van der Waals surface area contributed by atoms with Gasteiger partial charge in [-0.1, -0.05) is 17.7 Å². The third kappa shape index (κ3) is 4.57. The standard InChI is InChI=1S/C23H25NO4S2/c1-12-7-13(2)20(14(3)8-12)28-10-17-9-18(29-11-17)21(25)24-22-19(23(26)27-6)15(4)16(5)30-22/h7-9,11H,10H2,1-6H3,(H,24,25). The fourth-order valence-electron chi connectivity index (χ4n) is 3.35. The number of thiophene rings is 2. The van der Waals surface area contributed by atoms with E-state index in [0.29, 0.717) is 22.0 Å². The summed E-state index contributed by atoms with van der Waals surface area (Å²) >= 11 is 2.72. The fraction of sp³-hybridized carbons (Fsp3) is 0.304. The second-order valence-corrected chi connectivity index (χ2v) is 9.40. The number of aryl methyl sites for hydroxylation is 4. The number of methoxy groups -OCH3 is 1. The van der Waals surface area contributed by atoms with E-state index in [0.717, 1.165) is 32.9 Å². The van der Waals surface area contributed by atoms with Gasteiger partial charge in [-0.2, -0.15) is 0 Å². The van der Waals surface area contributed by atoms with Crippen LogP contribution in [0.5, 0.6) is 5.75 Å². The van der Waals surface area contributed by atoms with E-state index >= 15 is 0 Å². The van der Waals surface area contributed by atoms with E-state index in [9.17, 15) is 9.59 Å². The van der Waals surface area contributed by atoms with Gasteiger partial charge in [-0.25, -0.2) is 4.79 Å². The quantitative estimate of drug-likeness (QED) is 0.477. The Morgan fingerprint density at radius 1 is 1.03 bits per heavy atom. The van der Waals surface area contributed by atoms with Crippen LogP contribution in [0.2, 0.25) is 0 Å². The molecule has 2 aromatic heterocycles. The largest absolute Gasteiger partial charge is 0.488 e. The number of benzene rings is 1. The highest BCUT2D eigenvalue weighted by atomic mass is 32.1. The number of carbonyl (C=O) groups is 2. The summed E-state index contributed by atoms with van der Waals surface area (Å²) in [6.45, 7) is 10.3. The number of esters is 1. The molecular weight excluding hydrogens is 418 g/mol. The SMILES string of the molecule is COC(=O)c1c(NC(=O)c2cc(COc3c(C)cc(C)cc3C)cs2)sc(C)c1C. The summed E-state index contributed by atoms with van der Waals surface area (Å²) in [5.74, 6) is 0.182. The lowest BCUT2D eigenvalue weighted by molar-refractivity contribution is 0.0601. The van der Waals surface area contributed by atoms with Crippen molar-refractivity contribution in [1.82, 2.24) is 0 Å². The van der Waals surface area contributed by atoms with Crippen molar-refractivity contribution in [3.63, 3.8) is 0 Å². The van der Waals surface area contributed by atoms with Gasteiger partial charge in [0, 0.05) is 10.4 Å². The Hall–Kier alpha value is -2.64. The molecular formula is C23H25NO4S2. The zero-order chi connectivity index (χ0) is 22.0. The van der Waals surface area contributed by atoms with Gasteiger partial charge in [0.2, 0.25) is 0 Å². The van der Waals surface area contributed by atoms with E-state index in [1.165, 1.54) is 35.3 Å². The van der Waals surface area contributed by atoms with Crippen LogP contribution in [0.4, 0.5) is 5.00 Å². The number of amides is 1. The number of ether oxygens (including phenoxy) is 2. The van der Waals surface area contributed by atoms with Crippen molar-refractivity contribution in [2.24, 2.45) is 0 Å². The number of hydrogen-bond donors (Lipinski definition) is 1. The molecule has 0 aliphatic rings. The van der Waals surface area contributed by atoms with Crippen LogP contribution in [0.1, 0.15) is 52.7 Å². The van der Waals surface area contributed by atoms with Crippen molar-refractivity contribution in [3.05, 3.63) is 66.7 Å². The van der Waals surface area contributed by atoms with Crippen molar-refractivity contribution in [3.8, 4) is 5.75 Å². The Labute approximate surface area is 184 Å². The molecule has 7 heteroatoms. The Morgan fingerprint density at radius 3 is 2.33 bits per heavy atom. The predicted molar refractivity (Wildman–Crippen MR) is 122 cm³/mol. The van der Waals surface area contributed by atoms with Crippen LogP contribution < -0.4 is 10.1 Å². The highest BCUT2D eigenvalue weighted by molar-refractivity contribution is 7.17. The number of nitrogens with one attached hydrogen (secondary N) is 1. The number of anilines is 1. The van der Waals surface area contributed by atoms with E-state index in [4.69, 9.17) is 9.47 Å². The fourth-order valence-corrected chi connectivity index (χ4v) is 5.18. The smallest absolute Gasteiger partial charge is 0.341 e. The summed E-state index contributed by atoms with van der Waals surface area (Å²) in [5, 5.41) is 5.29. The molecule has 0 bridgehead atoms. The monoisotopic (exact) mass is 443 g/mol. The lowest BCUT2D eigenvalue weighted by Gasteiger charge is -2.12. The van der Waals surface area contributed by atoms with Gasteiger partial charge in [0.05, 0.1) is 17.6 Å². The zero-order valence-electron chi connectivity index (χ0n) is 18.0. The molecule has 3 rings (SSSR count). The molecule has 1 N–H and O–H groups in total. The third-order valence-corrected chi connectivity index (χ3v) is 6.97. The zero-order valence-corrected chi connectivity index (χ0v) is 19.6. The summed E-state index contributed by atoms with van der Waals surface area (Å²) in [6.07, 6.45) is 0. The van der Waals surface area contributed by atoms with Crippen molar-refractivity contribution in [2.75, 3.05) is 12.4 Å². The Kier molecular flexibility index (Phi) is 6.63. The molecule has 0 atom stereocenters. The van der Waals surface area contributed by atoms with Crippen LogP contribution in [0.25, 0.3) is 0 Å². The van der Waals surface area contributed by atoms with Gasteiger partial charge in [-0.3, -0.25) is 4.79 Å². The molecule has 0 aliphatic heterocycles. The maximum absolute atomic E-state index is 12.7. The van der Waals surface area contributed by atoms with Gasteiger partial charge in [-0.15, -0.1) is 22.7 Å². The first-order valence-electron chi connectivity index (χ1n) is 9.49. The minimum atomic E-state index is -0.448. The molecule has 5 nitrogen and oxygen atoms in total.